The lowest BCUT2D eigenvalue weighted by molar-refractivity contribution is 0.0376. The standard InChI is InChI=1S/C17H28N4O2/c1-14-4-5-15(16(12-14)22-2)13-20-17(18)19-6-3-7-21-8-10-23-11-9-21/h4-5,12H,3,6-11,13H2,1-2H3,(H3,18,19,20). The number of morpholine rings is 1. The third-order valence-electron chi connectivity index (χ3n) is 3.92. The van der Waals surface area contributed by atoms with Gasteiger partial charge in [-0.2, -0.15) is 0 Å². The molecule has 0 unspecified atom stereocenters. The summed E-state index contributed by atoms with van der Waals surface area (Å²) in [4.78, 5) is 6.80. The minimum atomic E-state index is 0.481. The van der Waals surface area contributed by atoms with E-state index in [1.165, 1.54) is 5.56 Å². The summed E-state index contributed by atoms with van der Waals surface area (Å²) in [5.41, 5.74) is 8.13. The molecule has 0 aromatic heterocycles. The number of nitrogens with zero attached hydrogens (tertiary/aromatic N) is 2. The molecule has 0 aliphatic carbocycles. The molecule has 1 aliphatic heterocycles. The van der Waals surface area contributed by atoms with Gasteiger partial charge in [-0.25, -0.2) is 4.99 Å². The van der Waals surface area contributed by atoms with E-state index in [9.17, 15) is 0 Å². The molecule has 0 bridgehead atoms. The molecule has 0 saturated carbocycles. The first-order chi connectivity index (χ1) is 11.2. The monoisotopic (exact) mass is 320 g/mol. The number of aryl methyl sites for hydroxylation is 1. The Labute approximate surface area is 138 Å². The maximum absolute atomic E-state index is 5.93. The first-order valence-electron chi connectivity index (χ1n) is 8.16. The first kappa shape index (κ1) is 17.6. The smallest absolute Gasteiger partial charge is 0.188 e. The van der Waals surface area contributed by atoms with Gasteiger partial charge in [0.05, 0.1) is 26.9 Å². The second-order valence-corrected chi connectivity index (χ2v) is 5.75. The number of methoxy groups -OCH3 is 1. The molecule has 6 heteroatoms. The van der Waals surface area contributed by atoms with Gasteiger partial charge in [-0.3, -0.25) is 4.90 Å². The minimum Gasteiger partial charge on any atom is -0.496 e. The number of hydrogen-bond donors (Lipinski definition) is 2. The molecule has 1 heterocycles. The second-order valence-electron chi connectivity index (χ2n) is 5.75. The molecule has 23 heavy (non-hydrogen) atoms. The van der Waals surface area contributed by atoms with Gasteiger partial charge in [-0.1, -0.05) is 12.1 Å². The van der Waals surface area contributed by atoms with Crippen molar-refractivity contribution in [3.63, 3.8) is 0 Å². The highest BCUT2D eigenvalue weighted by atomic mass is 16.5. The summed E-state index contributed by atoms with van der Waals surface area (Å²) >= 11 is 0. The molecule has 0 amide bonds. The van der Waals surface area contributed by atoms with Gasteiger partial charge < -0.3 is 20.5 Å². The topological polar surface area (TPSA) is 72.1 Å². The van der Waals surface area contributed by atoms with Crippen LogP contribution in [0.15, 0.2) is 23.2 Å². The molecule has 0 spiro atoms. The average Bonchev–Trinajstić information content (AvgIpc) is 2.58. The molecule has 2 rings (SSSR count). The summed E-state index contributed by atoms with van der Waals surface area (Å²) in [6, 6.07) is 6.10. The zero-order valence-corrected chi connectivity index (χ0v) is 14.2. The Morgan fingerprint density at radius 3 is 2.91 bits per heavy atom. The fourth-order valence-electron chi connectivity index (χ4n) is 2.55. The number of aliphatic imine (C=N–C) groups is 1. The summed E-state index contributed by atoms with van der Waals surface area (Å²) < 4.78 is 10.7. The van der Waals surface area contributed by atoms with E-state index in [0.717, 1.165) is 57.1 Å². The normalized spacial score (nSPS) is 16.3. The molecule has 1 saturated heterocycles. The van der Waals surface area contributed by atoms with Gasteiger partial charge in [0.15, 0.2) is 5.96 Å². The number of guanidine groups is 1. The summed E-state index contributed by atoms with van der Waals surface area (Å²) in [7, 11) is 1.68. The van der Waals surface area contributed by atoms with Crippen LogP contribution >= 0.6 is 0 Å². The summed E-state index contributed by atoms with van der Waals surface area (Å²) in [6.45, 7) is 8.19. The van der Waals surface area contributed by atoms with Crippen LogP contribution in [0.2, 0.25) is 0 Å². The van der Waals surface area contributed by atoms with Crippen molar-refractivity contribution < 1.29 is 9.47 Å². The second kappa shape index (κ2) is 9.37. The molecule has 1 aromatic carbocycles. The fourth-order valence-corrected chi connectivity index (χ4v) is 2.55. The van der Waals surface area contributed by atoms with Gasteiger partial charge in [-0.05, 0) is 31.5 Å². The predicted octanol–water partition coefficient (Wildman–Crippen LogP) is 1.13. The molecule has 0 radical (unpaired) electrons. The molecule has 6 nitrogen and oxygen atoms in total. The Hall–Kier alpha value is -1.79. The number of nitrogens with two attached hydrogens (primary N) is 1. The van der Waals surface area contributed by atoms with Gasteiger partial charge in [0.1, 0.15) is 5.75 Å². The highest BCUT2D eigenvalue weighted by Gasteiger charge is 2.09. The Bertz CT molecular complexity index is 513. The number of hydrogen-bond acceptors (Lipinski definition) is 4. The molecular weight excluding hydrogens is 292 g/mol. The molecule has 1 aliphatic rings. The van der Waals surface area contributed by atoms with E-state index >= 15 is 0 Å². The van der Waals surface area contributed by atoms with Gasteiger partial charge >= 0.3 is 0 Å². The SMILES string of the molecule is COc1cc(C)ccc1CN=C(N)NCCCN1CCOCC1. The van der Waals surface area contributed by atoms with Crippen LogP contribution in [0.4, 0.5) is 0 Å². The van der Waals surface area contributed by atoms with Crippen LogP contribution in [0, 0.1) is 6.92 Å². The van der Waals surface area contributed by atoms with Crippen molar-refractivity contribution in [2.45, 2.75) is 19.9 Å². The van der Waals surface area contributed by atoms with Gasteiger partial charge in [0, 0.05) is 25.2 Å². The molecule has 1 fully saturated rings. The van der Waals surface area contributed by atoms with E-state index in [1.54, 1.807) is 7.11 Å². The minimum absolute atomic E-state index is 0.481. The van der Waals surface area contributed by atoms with Crippen LogP contribution in [-0.2, 0) is 11.3 Å². The van der Waals surface area contributed by atoms with Crippen LogP contribution in [0.1, 0.15) is 17.5 Å². The highest BCUT2D eigenvalue weighted by molar-refractivity contribution is 5.77. The van der Waals surface area contributed by atoms with Crippen LogP contribution in [0.25, 0.3) is 0 Å². The Morgan fingerprint density at radius 2 is 2.17 bits per heavy atom. The quantitative estimate of drug-likeness (QED) is 0.448. The predicted molar refractivity (Wildman–Crippen MR) is 92.9 cm³/mol. The molecular formula is C17H28N4O2. The van der Waals surface area contributed by atoms with E-state index in [1.807, 2.05) is 19.1 Å². The van der Waals surface area contributed by atoms with Crippen molar-refractivity contribution >= 4 is 5.96 Å². The lowest BCUT2D eigenvalue weighted by Crippen LogP contribution is -2.39. The largest absolute Gasteiger partial charge is 0.496 e. The number of benzene rings is 1. The van der Waals surface area contributed by atoms with Crippen LogP contribution in [-0.4, -0.2) is 57.4 Å². The summed E-state index contributed by atoms with van der Waals surface area (Å²) in [5, 5.41) is 3.17. The van der Waals surface area contributed by atoms with Crippen LogP contribution in [0.3, 0.4) is 0 Å². The van der Waals surface area contributed by atoms with Crippen molar-refractivity contribution in [2.24, 2.45) is 10.7 Å². The third kappa shape index (κ3) is 6.08. The average molecular weight is 320 g/mol. The van der Waals surface area contributed by atoms with Crippen LogP contribution in [0.5, 0.6) is 5.75 Å². The van der Waals surface area contributed by atoms with Crippen molar-refractivity contribution in [1.29, 1.82) is 0 Å². The molecule has 3 N–H and O–H groups in total. The molecule has 0 atom stereocenters. The van der Waals surface area contributed by atoms with Crippen molar-refractivity contribution in [3.05, 3.63) is 29.3 Å². The summed E-state index contributed by atoms with van der Waals surface area (Å²) in [6.07, 6.45) is 1.05. The first-order valence-corrected chi connectivity index (χ1v) is 8.16. The number of rotatable bonds is 7. The van der Waals surface area contributed by atoms with Crippen molar-refractivity contribution in [3.8, 4) is 5.75 Å². The lowest BCUT2D eigenvalue weighted by atomic mass is 10.1. The highest BCUT2D eigenvalue weighted by Crippen LogP contribution is 2.20. The van der Waals surface area contributed by atoms with Gasteiger partial charge in [0.25, 0.3) is 0 Å². The van der Waals surface area contributed by atoms with E-state index in [-0.39, 0.29) is 0 Å². The maximum atomic E-state index is 5.93. The number of nitrogens with one attached hydrogen (secondary N) is 1. The van der Waals surface area contributed by atoms with E-state index < -0.39 is 0 Å². The zero-order chi connectivity index (χ0) is 16.5. The van der Waals surface area contributed by atoms with Crippen LogP contribution < -0.4 is 15.8 Å². The maximum Gasteiger partial charge on any atom is 0.188 e. The van der Waals surface area contributed by atoms with Crippen molar-refractivity contribution in [2.75, 3.05) is 46.5 Å². The Kier molecular flexibility index (Phi) is 7.16. The van der Waals surface area contributed by atoms with E-state index in [0.29, 0.717) is 12.5 Å². The third-order valence-corrected chi connectivity index (χ3v) is 3.92. The number of ether oxygens (including phenoxy) is 2. The lowest BCUT2D eigenvalue weighted by Gasteiger charge is -2.26. The Balaban J connectivity index is 1.70. The van der Waals surface area contributed by atoms with E-state index in [2.05, 4.69) is 21.3 Å². The molecule has 128 valence electrons. The van der Waals surface area contributed by atoms with E-state index in [4.69, 9.17) is 15.2 Å². The Morgan fingerprint density at radius 1 is 1.39 bits per heavy atom. The van der Waals surface area contributed by atoms with Gasteiger partial charge in [-0.15, -0.1) is 0 Å². The fraction of sp³-hybridized carbons (Fsp3) is 0.588. The summed E-state index contributed by atoms with van der Waals surface area (Å²) in [5.74, 6) is 1.34. The van der Waals surface area contributed by atoms with Gasteiger partial charge in [0.2, 0.25) is 0 Å². The zero-order valence-electron chi connectivity index (χ0n) is 14.2. The molecule has 1 aromatic rings. The van der Waals surface area contributed by atoms with Crippen molar-refractivity contribution in [1.82, 2.24) is 10.2 Å².